The summed E-state index contributed by atoms with van der Waals surface area (Å²) < 4.78 is 5.83. The first-order valence-electron chi connectivity index (χ1n) is 9.27. The summed E-state index contributed by atoms with van der Waals surface area (Å²) in [7, 11) is 0. The largest absolute Gasteiger partial charge is 0.493 e. The molecule has 0 saturated carbocycles. The molecular formula is C21H21ClN2O3. The Hall–Kier alpha value is -2.53. The number of halogens is 1. The lowest BCUT2D eigenvalue weighted by Gasteiger charge is -2.37. The lowest BCUT2D eigenvalue weighted by molar-refractivity contribution is 0.0548. The van der Waals surface area contributed by atoms with E-state index in [2.05, 4.69) is 5.32 Å². The van der Waals surface area contributed by atoms with Crippen molar-refractivity contribution in [2.24, 2.45) is 0 Å². The number of hydrogen-bond acceptors (Lipinski definition) is 3. The molecule has 4 rings (SSSR count). The van der Waals surface area contributed by atoms with E-state index in [9.17, 15) is 9.59 Å². The molecule has 140 valence electrons. The van der Waals surface area contributed by atoms with Crippen molar-refractivity contribution in [2.75, 3.05) is 18.5 Å². The zero-order chi connectivity index (χ0) is 18.8. The van der Waals surface area contributed by atoms with Crippen LogP contribution in [0.4, 0.5) is 5.69 Å². The van der Waals surface area contributed by atoms with Gasteiger partial charge in [0.05, 0.1) is 22.8 Å². The molecule has 2 aromatic carbocycles. The molecule has 1 fully saturated rings. The monoisotopic (exact) mass is 384 g/mol. The Kier molecular flexibility index (Phi) is 5.03. The second-order valence-electron chi connectivity index (χ2n) is 6.93. The third-order valence-corrected chi connectivity index (χ3v) is 5.51. The number of hydrogen-bond donors (Lipinski definition) is 1. The summed E-state index contributed by atoms with van der Waals surface area (Å²) in [6, 6.07) is 12.3. The summed E-state index contributed by atoms with van der Waals surface area (Å²) in [5.74, 6) is 0.235. The van der Waals surface area contributed by atoms with Crippen molar-refractivity contribution < 1.29 is 14.3 Å². The Morgan fingerprint density at radius 3 is 2.85 bits per heavy atom. The van der Waals surface area contributed by atoms with Crippen molar-refractivity contribution in [3.63, 3.8) is 0 Å². The van der Waals surface area contributed by atoms with Crippen LogP contribution >= 0.6 is 11.6 Å². The number of amides is 2. The third-order valence-electron chi connectivity index (χ3n) is 5.18. The number of ether oxygens (including phenoxy) is 1. The Morgan fingerprint density at radius 2 is 2.00 bits per heavy atom. The summed E-state index contributed by atoms with van der Waals surface area (Å²) in [5, 5.41) is 3.21. The molecule has 1 atom stereocenters. The van der Waals surface area contributed by atoms with Crippen LogP contribution in [0.5, 0.6) is 5.75 Å². The molecule has 0 radical (unpaired) electrons. The van der Waals surface area contributed by atoms with Crippen LogP contribution in [0.15, 0.2) is 42.5 Å². The van der Waals surface area contributed by atoms with Gasteiger partial charge in [0.1, 0.15) is 5.75 Å². The van der Waals surface area contributed by atoms with Crippen molar-refractivity contribution in [2.45, 2.75) is 31.7 Å². The molecule has 1 unspecified atom stereocenters. The summed E-state index contributed by atoms with van der Waals surface area (Å²) >= 11 is 6.10. The zero-order valence-corrected chi connectivity index (χ0v) is 15.7. The van der Waals surface area contributed by atoms with Crippen LogP contribution in [0.2, 0.25) is 5.02 Å². The minimum absolute atomic E-state index is 0.0248. The highest BCUT2D eigenvalue weighted by atomic mass is 35.5. The van der Waals surface area contributed by atoms with Gasteiger partial charge in [-0.25, -0.2) is 0 Å². The number of benzene rings is 2. The Bertz CT molecular complexity index is 883. The Balaban J connectivity index is 1.61. The van der Waals surface area contributed by atoms with Crippen LogP contribution in [0.1, 0.15) is 46.4 Å². The fraction of sp³-hybridized carbons (Fsp3) is 0.333. The number of piperidine rings is 1. The van der Waals surface area contributed by atoms with Crippen molar-refractivity contribution in [3.05, 3.63) is 58.6 Å². The number of nitrogens with one attached hydrogen (secondary N) is 1. The second kappa shape index (κ2) is 7.61. The number of carbonyl (C=O) groups excluding carboxylic acids is 2. The molecule has 2 heterocycles. The van der Waals surface area contributed by atoms with Gasteiger partial charge >= 0.3 is 0 Å². The average Bonchev–Trinajstić information content (AvgIpc) is 2.68. The van der Waals surface area contributed by atoms with Crippen molar-refractivity contribution in [1.29, 1.82) is 0 Å². The molecule has 2 aliphatic heterocycles. The zero-order valence-electron chi connectivity index (χ0n) is 14.9. The van der Waals surface area contributed by atoms with Crippen LogP contribution in [0.25, 0.3) is 0 Å². The molecule has 27 heavy (non-hydrogen) atoms. The van der Waals surface area contributed by atoms with Gasteiger partial charge in [0, 0.05) is 24.7 Å². The summed E-state index contributed by atoms with van der Waals surface area (Å²) in [6.45, 7) is 1.37. The van der Waals surface area contributed by atoms with E-state index in [1.54, 1.807) is 42.5 Å². The summed E-state index contributed by atoms with van der Waals surface area (Å²) in [4.78, 5) is 27.6. The first-order chi connectivity index (χ1) is 13.1. The van der Waals surface area contributed by atoms with Gasteiger partial charge in [-0.3, -0.25) is 9.59 Å². The highest BCUT2D eigenvalue weighted by Gasteiger charge is 2.31. The highest BCUT2D eigenvalue weighted by molar-refractivity contribution is 6.34. The highest BCUT2D eigenvalue weighted by Crippen LogP contribution is 2.31. The Morgan fingerprint density at radius 1 is 1.15 bits per heavy atom. The van der Waals surface area contributed by atoms with Crippen LogP contribution < -0.4 is 10.1 Å². The van der Waals surface area contributed by atoms with Crippen LogP contribution in [0, 0.1) is 0 Å². The Labute approximate surface area is 163 Å². The van der Waals surface area contributed by atoms with E-state index in [0.717, 1.165) is 32.2 Å². The van der Waals surface area contributed by atoms with E-state index in [1.165, 1.54) is 0 Å². The first-order valence-corrected chi connectivity index (χ1v) is 9.65. The average molecular weight is 385 g/mol. The molecule has 6 heteroatoms. The minimum atomic E-state index is -0.310. The lowest BCUT2D eigenvalue weighted by atomic mass is 9.97. The standard InChI is InChI=1S/C21H21ClN2O3/c22-18-7-2-1-6-16(18)20(25)23-14-8-9-19-17(13-14)21(26)24-11-4-3-5-15(24)10-12-27-19/h1-2,6-9,13,15H,3-5,10-12H2,(H,23,25). The predicted octanol–water partition coefficient (Wildman–Crippen LogP) is 4.37. The SMILES string of the molecule is O=C(Nc1ccc2c(c1)C(=O)N1CCCCC1CCO2)c1ccccc1Cl. The third kappa shape index (κ3) is 3.65. The maximum absolute atomic E-state index is 13.1. The van der Waals surface area contributed by atoms with Gasteiger partial charge in [-0.05, 0) is 49.6 Å². The van der Waals surface area contributed by atoms with E-state index in [0.29, 0.717) is 34.2 Å². The second-order valence-corrected chi connectivity index (χ2v) is 7.34. The van der Waals surface area contributed by atoms with Crippen LogP contribution in [0.3, 0.4) is 0 Å². The number of fused-ring (bicyclic) bond motifs is 2. The van der Waals surface area contributed by atoms with E-state index in [4.69, 9.17) is 16.3 Å². The van der Waals surface area contributed by atoms with Gasteiger partial charge in [0.2, 0.25) is 0 Å². The lowest BCUT2D eigenvalue weighted by Crippen LogP contribution is -2.45. The van der Waals surface area contributed by atoms with Crippen LogP contribution in [-0.4, -0.2) is 35.9 Å². The van der Waals surface area contributed by atoms with Crippen molar-refractivity contribution >= 4 is 29.1 Å². The molecule has 0 aromatic heterocycles. The van der Waals surface area contributed by atoms with Gasteiger partial charge in [0.15, 0.2) is 0 Å². The normalized spacial score (nSPS) is 19.2. The van der Waals surface area contributed by atoms with E-state index in [-0.39, 0.29) is 17.9 Å². The summed E-state index contributed by atoms with van der Waals surface area (Å²) in [5.41, 5.74) is 1.44. The van der Waals surface area contributed by atoms with Gasteiger partial charge in [0.25, 0.3) is 11.8 Å². The van der Waals surface area contributed by atoms with Crippen molar-refractivity contribution in [3.8, 4) is 5.75 Å². The molecule has 1 N–H and O–H groups in total. The molecule has 0 bridgehead atoms. The van der Waals surface area contributed by atoms with Crippen molar-refractivity contribution in [1.82, 2.24) is 4.90 Å². The quantitative estimate of drug-likeness (QED) is 0.836. The minimum Gasteiger partial charge on any atom is -0.493 e. The number of anilines is 1. The molecule has 2 amide bonds. The van der Waals surface area contributed by atoms with Gasteiger partial charge < -0.3 is 15.0 Å². The molecular weight excluding hydrogens is 364 g/mol. The molecule has 0 spiro atoms. The molecule has 0 aliphatic carbocycles. The van der Waals surface area contributed by atoms with Crippen LogP contribution in [-0.2, 0) is 0 Å². The molecule has 2 aromatic rings. The predicted molar refractivity (Wildman–Crippen MR) is 105 cm³/mol. The van der Waals surface area contributed by atoms with Gasteiger partial charge in [-0.1, -0.05) is 23.7 Å². The maximum atomic E-state index is 13.1. The van der Waals surface area contributed by atoms with E-state index < -0.39 is 0 Å². The number of rotatable bonds is 2. The number of carbonyl (C=O) groups is 2. The fourth-order valence-corrected chi connectivity index (χ4v) is 3.99. The first kappa shape index (κ1) is 17.9. The molecule has 1 saturated heterocycles. The molecule has 2 aliphatic rings. The molecule has 5 nitrogen and oxygen atoms in total. The fourth-order valence-electron chi connectivity index (χ4n) is 3.77. The number of nitrogens with zero attached hydrogens (tertiary/aromatic N) is 1. The van der Waals surface area contributed by atoms with Gasteiger partial charge in [-0.15, -0.1) is 0 Å². The maximum Gasteiger partial charge on any atom is 0.257 e. The topological polar surface area (TPSA) is 58.6 Å². The van der Waals surface area contributed by atoms with E-state index >= 15 is 0 Å². The van der Waals surface area contributed by atoms with Gasteiger partial charge in [-0.2, -0.15) is 0 Å². The van der Waals surface area contributed by atoms with E-state index in [1.807, 2.05) is 4.90 Å². The summed E-state index contributed by atoms with van der Waals surface area (Å²) in [6.07, 6.45) is 4.06. The smallest absolute Gasteiger partial charge is 0.257 e.